The molecule has 3 heterocycles. The third-order valence-electron chi connectivity index (χ3n) is 6.77. The van der Waals surface area contributed by atoms with E-state index in [1.54, 1.807) is 6.21 Å². The van der Waals surface area contributed by atoms with Gasteiger partial charge < -0.3 is 0 Å². The standard InChI is InChI=1S/C27H26F2N2/c28-23-15-19(16-24(29)17-23)18-30-26-22-11-13-31(14-12-22)27(26)25(20-7-3-1-4-8-20)21-9-5-2-6-10-21/h1-10,15-18,22,25-27H,11-14H2/t26-,27+/m1/s1. The van der Waals surface area contributed by atoms with Gasteiger partial charge in [0.15, 0.2) is 0 Å². The average Bonchev–Trinajstić information content (AvgIpc) is 2.80. The topological polar surface area (TPSA) is 15.6 Å². The summed E-state index contributed by atoms with van der Waals surface area (Å²) in [4.78, 5) is 7.54. The number of halogens is 2. The molecule has 0 unspecified atom stereocenters. The van der Waals surface area contributed by atoms with Crippen LogP contribution in [0, 0.1) is 17.6 Å². The van der Waals surface area contributed by atoms with Crippen LogP contribution in [-0.2, 0) is 0 Å². The Morgan fingerprint density at radius 3 is 1.90 bits per heavy atom. The Balaban J connectivity index is 1.55. The molecule has 0 radical (unpaired) electrons. The van der Waals surface area contributed by atoms with Crippen molar-refractivity contribution in [1.82, 2.24) is 4.90 Å². The first-order chi connectivity index (χ1) is 15.2. The van der Waals surface area contributed by atoms with E-state index >= 15 is 0 Å². The van der Waals surface area contributed by atoms with Gasteiger partial charge in [0.25, 0.3) is 0 Å². The molecule has 3 aliphatic heterocycles. The molecule has 3 aliphatic rings. The fourth-order valence-electron chi connectivity index (χ4n) is 5.40. The van der Waals surface area contributed by atoms with Crippen LogP contribution < -0.4 is 0 Å². The molecule has 3 aromatic rings. The molecular weight excluding hydrogens is 390 g/mol. The van der Waals surface area contributed by atoms with Gasteiger partial charge in [0.2, 0.25) is 0 Å². The van der Waals surface area contributed by atoms with Crippen molar-refractivity contribution in [1.29, 1.82) is 0 Å². The first-order valence-corrected chi connectivity index (χ1v) is 11.0. The molecule has 0 spiro atoms. The Morgan fingerprint density at radius 1 is 0.806 bits per heavy atom. The van der Waals surface area contributed by atoms with Gasteiger partial charge in [-0.05, 0) is 60.7 Å². The molecule has 3 fully saturated rings. The largest absolute Gasteiger partial charge is 0.297 e. The second-order valence-corrected chi connectivity index (χ2v) is 8.63. The summed E-state index contributed by atoms with van der Waals surface area (Å²) in [5, 5.41) is 0. The number of piperidine rings is 3. The van der Waals surface area contributed by atoms with Crippen LogP contribution in [-0.4, -0.2) is 36.3 Å². The lowest BCUT2D eigenvalue weighted by Crippen LogP contribution is -2.59. The van der Waals surface area contributed by atoms with E-state index in [-0.39, 0.29) is 18.0 Å². The summed E-state index contributed by atoms with van der Waals surface area (Å²) < 4.78 is 27.4. The Hall–Kier alpha value is -2.85. The fourth-order valence-corrected chi connectivity index (χ4v) is 5.40. The van der Waals surface area contributed by atoms with Crippen LogP contribution in [0.25, 0.3) is 0 Å². The molecule has 0 aromatic heterocycles. The predicted molar refractivity (Wildman–Crippen MR) is 121 cm³/mol. The van der Waals surface area contributed by atoms with Crippen molar-refractivity contribution in [3.8, 4) is 0 Å². The number of aliphatic imine (C=N–C) groups is 1. The molecule has 0 saturated carbocycles. The summed E-state index contributed by atoms with van der Waals surface area (Å²) in [5.74, 6) is -0.465. The molecule has 0 aliphatic carbocycles. The van der Waals surface area contributed by atoms with Crippen molar-refractivity contribution < 1.29 is 8.78 Å². The lowest BCUT2D eigenvalue weighted by molar-refractivity contribution is 0.0215. The highest BCUT2D eigenvalue weighted by Gasteiger charge is 2.46. The van der Waals surface area contributed by atoms with Crippen LogP contribution in [0.15, 0.2) is 83.9 Å². The van der Waals surface area contributed by atoms with Crippen LogP contribution in [0.4, 0.5) is 8.78 Å². The normalized spacial score (nSPS) is 25.4. The van der Waals surface area contributed by atoms with Crippen molar-refractivity contribution in [3.63, 3.8) is 0 Å². The minimum absolute atomic E-state index is 0.0826. The Morgan fingerprint density at radius 2 is 1.35 bits per heavy atom. The summed E-state index contributed by atoms with van der Waals surface area (Å²) in [6, 6.07) is 25.1. The van der Waals surface area contributed by atoms with Crippen LogP contribution in [0.2, 0.25) is 0 Å². The Bertz CT molecular complexity index is 984. The van der Waals surface area contributed by atoms with Crippen molar-refractivity contribution in [3.05, 3.63) is 107 Å². The van der Waals surface area contributed by atoms with Crippen LogP contribution in [0.5, 0.6) is 0 Å². The third-order valence-corrected chi connectivity index (χ3v) is 6.77. The minimum Gasteiger partial charge on any atom is -0.297 e. The number of nitrogens with zero attached hydrogens (tertiary/aromatic N) is 2. The van der Waals surface area contributed by atoms with E-state index in [2.05, 4.69) is 53.4 Å². The molecule has 4 heteroatoms. The Labute approximate surface area is 182 Å². The maximum absolute atomic E-state index is 13.7. The molecule has 0 N–H and O–H groups in total. The van der Waals surface area contributed by atoms with E-state index in [1.807, 2.05) is 12.1 Å². The average molecular weight is 417 g/mol. The smallest absolute Gasteiger partial charge is 0.126 e. The molecule has 2 bridgehead atoms. The number of hydrogen-bond acceptors (Lipinski definition) is 2. The molecule has 2 nitrogen and oxygen atoms in total. The first kappa shape index (κ1) is 20.1. The summed E-state index contributed by atoms with van der Waals surface area (Å²) in [6.45, 7) is 2.15. The number of rotatable bonds is 5. The zero-order valence-corrected chi connectivity index (χ0v) is 17.4. The predicted octanol–water partition coefficient (Wildman–Crippen LogP) is 5.68. The molecule has 6 rings (SSSR count). The zero-order chi connectivity index (χ0) is 21.2. The summed E-state index contributed by atoms with van der Waals surface area (Å²) >= 11 is 0. The van der Waals surface area contributed by atoms with Gasteiger partial charge in [0.05, 0.1) is 6.04 Å². The molecule has 3 saturated heterocycles. The van der Waals surface area contributed by atoms with E-state index in [0.29, 0.717) is 11.5 Å². The molecule has 31 heavy (non-hydrogen) atoms. The van der Waals surface area contributed by atoms with E-state index in [9.17, 15) is 8.78 Å². The third kappa shape index (κ3) is 4.17. The number of benzene rings is 3. The van der Waals surface area contributed by atoms with Gasteiger partial charge in [-0.25, -0.2) is 8.78 Å². The van der Waals surface area contributed by atoms with Gasteiger partial charge in [-0.2, -0.15) is 0 Å². The second-order valence-electron chi connectivity index (χ2n) is 8.63. The van der Waals surface area contributed by atoms with Gasteiger partial charge in [0.1, 0.15) is 11.6 Å². The van der Waals surface area contributed by atoms with Gasteiger partial charge in [-0.3, -0.25) is 9.89 Å². The van der Waals surface area contributed by atoms with E-state index < -0.39 is 11.6 Å². The summed E-state index contributed by atoms with van der Waals surface area (Å²) in [7, 11) is 0. The SMILES string of the molecule is Fc1cc(F)cc(C=N[C@@H]2C3CCN(CC3)[C@H]2C(c2ccccc2)c2ccccc2)c1. The van der Waals surface area contributed by atoms with E-state index in [1.165, 1.54) is 23.3 Å². The minimum atomic E-state index is -0.571. The number of fused-ring (bicyclic) bond motifs is 3. The fraction of sp³-hybridized carbons (Fsp3) is 0.296. The van der Waals surface area contributed by atoms with Crippen LogP contribution in [0.3, 0.4) is 0 Å². The lowest BCUT2D eigenvalue weighted by atomic mass is 9.71. The van der Waals surface area contributed by atoms with Crippen LogP contribution in [0.1, 0.15) is 35.4 Å². The quantitative estimate of drug-likeness (QED) is 0.489. The van der Waals surface area contributed by atoms with Crippen molar-refractivity contribution in [2.45, 2.75) is 30.8 Å². The zero-order valence-electron chi connectivity index (χ0n) is 17.4. The van der Waals surface area contributed by atoms with Crippen molar-refractivity contribution in [2.24, 2.45) is 10.9 Å². The van der Waals surface area contributed by atoms with Gasteiger partial charge >= 0.3 is 0 Å². The van der Waals surface area contributed by atoms with Crippen molar-refractivity contribution >= 4 is 6.21 Å². The van der Waals surface area contributed by atoms with Crippen LogP contribution >= 0.6 is 0 Å². The van der Waals surface area contributed by atoms with Gasteiger partial charge in [-0.15, -0.1) is 0 Å². The molecule has 0 amide bonds. The maximum atomic E-state index is 13.7. The highest BCUT2D eigenvalue weighted by atomic mass is 19.1. The molecule has 158 valence electrons. The number of hydrogen-bond donors (Lipinski definition) is 0. The van der Waals surface area contributed by atoms with Crippen molar-refractivity contribution in [2.75, 3.05) is 13.1 Å². The summed E-state index contributed by atoms with van der Waals surface area (Å²) in [5.41, 5.74) is 3.04. The second kappa shape index (κ2) is 8.72. The highest BCUT2D eigenvalue weighted by molar-refractivity contribution is 5.79. The molecule has 2 atom stereocenters. The van der Waals surface area contributed by atoms with Gasteiger partial charge in [0, 0.05) is 24.2 Å². The molecular formula is C27H26F2N2. The maximum Gasteiger partial charge on any atom is 0.126 e. The summed E-state index contributed by atoms with van der Waals surface area (Å²) in [6.07, 6.45) is 3.90. The Kier molecular flexibility index (Phi) is 5.65. The monoisotopic (exact) mass is 416 g/mol. The highest BCUT2D eigenvalue weighted by Crippen LogP contribution is 2.43. The molecule has 3 aromatic carbocycles. The first-order valence-electron chi connectivity index (χ1n) is 11.0. The lowest BCUT2D eigenvalue weighted by Gasteiger charge is -2.52. The van der Waals surface area contributed by atoms with E-state index in [4.69, 9.17) is 4.99 Å². The van der Waals surface area contributed by atoms with E-state index in [0.717, 1.165) is 32.0 Å². The van der Waals surface area contributed by atoms with Gasteiger partial charge in [-0.1, -0.05) is 60.7 Å².